The number of hydrogen-bond acceptors (Lipinski definition) is 3. The lowest BCUT2D eigenvalue weighted by Gasteiger charge is -2.18. The Kier molecular flexibility index (Phi) is 2.65. The van der Waals surface area contributed by atoms with Gasteiger partial charge >= 0.3 is 0 Å². The highest BCUT2D eigenvalue weighted by Gasteiger charge is 2.16. The third-order valence-electron chi connectivity index (χ3n) is 1.36. The Morgan fingerprint density at radius 3 is 2.54 bits per heavy atom. The standard InChI is InChI=1S/C8H14FN3Si/c1-6-10-5-7(9)8(11-6)12-13(2,3)4/h5H,1-4H3,(H,10,11,12). The topological polar surface area (TPSA) is 37.8 Å². The minimum atomic E-state index is -1.53. The van der Waals surface area contributed by atoms with Gasteiger partial charge in [0, 0.05) is 0 Å². The molecule has 1 aromatic heterocycles. The van der Waals surface area contributed by atoms with Gasteiger partial charge in [0.2, 0.25) is 0 Å². The first-order valence-corrected chi connectivity index (χ1v) is 7.66. The molecular formula is C8H14FN3Si. The molecular weight excluding hydrogens is 185 g/mol. The van der Waals surface area contributed by atoms with Crippen molar-refractivity contribution < 1.29 is 4.39 Å². The average Bonchev–Trinajstić information content (AvgIpc) is 1.94. The van der Waals surface area contributed by atoms with E-state index in [-0.39, 0.29) is 5.82 Å². The Bertz CT molecular complexity index is 309. The monoisotopic (exact) mass is 199 g/mol. The van der Waals surface area contributed by atoms with Crippen LogP contribution in [0.2, 0.25) is 19.6 Å². The summed E-state index contributed by atoms with van der Waals surface area (Å²) in [5, 5.41) is 0. The van der Waals surface area contributed by atoms with E-state index in [4.69, 9.17) is 0 Å². The molecule has 5 heteroatoms. The molecule has 3 nitrogen and oxygen atoms in total. The van der Waals surface area contributed by atoms with Crippen LogP contribution in [-0.2, 0) is 0 Å². The minimum absolute atomic E-state index is 0.326. The van der Waals surface area contributed by atoms with E-state index in [1.54, 1.807) is 6.92 Å². The van der Waals surface area contributed by atoms with Crippen molar-refractivity contribution in [1.82, 2.24) is 9.97 Å². The Morgan fingerprint density at radius 2 is 2.00 bits per heavy atom. The summed E-state index contributed by atoms with van der Waals surface area (Å²) in [4.78, 5) is 10.9. The van der Waals surface area contributed by atoms with Gasteiger partial charge < -0.3 is 4.98 Å². The van der Waals surface area contributed by atoms with E-state index in [9.17, 15) is 4.39 Å². The van der Waals surface area contributed by atoms with E-state index in [0.717, 1.165) is 0 Å². The van der Waals surface area contributed by atoms with Crippen LogP contribution in [0.15, 0.2) is 6.20 Å². The van der Waals surface area contributed by atoms with Crippen molar-refractivity contribution in [3.8, 4) is 0 Å². The summed E-state index contributed by atoms with van der Waals surface area (Å²) in [6.45, 7) is 8.01. The second kappa shape index (κ2) is 3.41. The van der Waals surface area contributed by atoms with E-state index in [1.807, 2.05) is 0 Å². The van der Waals surface area contributed by atoms with Crippen molar-refractivity contribution in [1.29, 1.82) is 0 Å². The van der Waals surface area contributed by atoms with E-state index < -0.39 is 8.24 Å². The Hall–Kier alpha value is -0.973. The van der Waals surface area contributed by atoms with Crippen molar-refractivity contribution >= 4 is 14.1 Å². The van der Waals surface area contributed by atoms with Gasteiger partial charge in [0.25, 0.3) is 0 Å². The summed E-state index contributed by atoms with van der Waals surface area (Å²) >= 11 is 0. The molecule has 1 aromatic rings. The van der Waals surface area contributed by atoms with Crippen LogP contribution in [0, 0.1) is 12.7 Å². The first-order chi connectivity index (χ1) is 5.88. The summed E-state index contributed by atoms with van der Waals surface area (Å²) in [5.74, 6) is 0.529. The van der Waals surface area contributed by atoms with Crippen LogP contribution < -0.4 is 4.98 Å². The summed E-state index contributed by atoms with van der Waals surface area (Å²) in [6.07, 6.45) is 1.20. The van der Waals surface area contributed by atoms with Crippen LogP contribution in [0.25, 0.3) is 0 Å². The smallest absolute Gasteiger partial charge is 0.182 e. The van der Waals surface area contributed by atoms with Gasteiger partial charge in [0.15, 0.2) is 11.6 Å². The van der Waals surface area contributed by atoms with Crippen LogP contribution in [0.4, 0.5) is 10.2 Å². The predicted octanol–water partition coefficient (Wildman–Crippen LogP) is 2.17. The fourth-order valence-corrected chi connectivity index (χ4v) is 1.78. The van der Waals surface area contributed by atoms with Gasteiger partial charge in [-0.05, 0) is 6.92 Å². The number of aromatic nitrogens is 2. The van der Waals surface area contributed by atoms with Crippen molar-refractivity contribution in [2.24, 2.45) is 0 Å². The normalized spacial score (nSPS) is 11.5. The maximum Gasteiger partial charge on any atom is 0.182 e. The molecule has 1 rings (SSSR count). The lowest BCUT2D eigenvalue weighted by molar-refractivity contribution is 0.617. The zero-order chi connectivity index (χ0) is 10.1. The molecule has 1 heterocycles. The molecule has 0 fully saturated rings. The molecule has 72 valence electrons. The molecule has 0 aliphatic rings. The lowest BCUT2D eigenvalue weighted by Crippen LogP contribution is -2.33. The van der Waals surface area contributed by atoms with Gasteiger partial charge in [-0.3, -0.25) is 0 Å². The second-order valence-corrected chi connectivity index (χ2v) is 8.74. The molecule has 0 aromatic carbocycles. The third kappa shape index (κ3) is 3.10. The Labute approximate surface area is 78.5 Å². The maximum atomic E-state index is 13.1. The third-order valence-corrected chi connectivity index (χ3v) is 2.34. The molecule has 0 aliphatic carbocycles. The van der Waals surface area contributed by atoms with Gasteiger partial charge in [-0.15, -0.1) is 0 Å². The zero-order valence-electron chi connectivity index (χ0n) is 8.35. The first kappa shape index (κ1) is 10.1. The summed E-state index contributed by atoms with van der Waals surface area (Å²) in [7, 11) is -1.53. The molecule has 0 spiro atoms. The van der Waals surface area contributed by atoms with Gasteiger partial charge in [0.1, 0.15) is 14.1 Å². The molecule has 0 atom stereocenters. The number of nitrogens with one attached hydrogen (secondary N) is 1. The van der Waals surface area contributed by atoms with E-state index in [0.29, 0.717) is 11.6 Å². The fraction of sp³-hybridized carbons (Fsp3) is 0.500. The number of rotatable bonds is 2. The summed E-state index contributed by atoms with van der Waals surface area (Å²) in [5.41, 5.74) is 0. The highest BCUT2D eigenvalue weighted by atomic mass is 28.3. The summed E-state index contributed by atoms with van der Waals surface area (Å²) in [6, 6.07) is 0. The summed E-state index contributed by atoms with van der Waals surface area (Å²) < 4.78 is 13.1. The molecule has 0 amide bonds. The molecule has 0 saturated carbocycles. The first-order valence-electron chi connectivity index (χ1n) is 4.16. The van der Waals surface area contributed by atoms with Crippen molar-refractivity contribution in [3.05, 3.63) is 17.8 Å². The molecule has 0 bridgehead atoms. The largest absolute Gasteiger partial charge is 0.393 e. The van der Waals surface area contributed by atoms with Crippen molar-refractivity contribution in [2.75, 3.05) is 4.98 Å². The SMILES string of the molecule is Cc1ncc(F)c(N[Si](C)(C)C)n1. The van der Waals surface area contributed by atoms with Crippen LogP contribution in [0.3, 0.4) is 0 Å². The van der Waals surface area contributed by atoms with Crippen LogP contribution in [-0.4, -0.2) is 18.2 Å². The highest BCUT2D eigenvalue weighted by molar-refractivity contribution is 6.79. The molecule has 0 radical (unpaired) electrons. The second-order valence-electron chi connectivity index (χ2n) is 3.99. The quantitative estimate of drug-likeness (QED) is 0.742. The highest BCUT2D eigenvalue weighted by Crippen LogP contribution is 2.13. The van der Waals surface area contributed by atoms with Gasteiger partial charge in [0.05, 0.1) is 6.20 Å². The van der Waals surface area contributed by atoms with Gasteiger partial charge in [-0.25, -0.2) is 14.4 Å². The van der Waals surface area contributed by atoms with Crippen LogP contribution in [0.1, 0.15) is 5.82 Å². The van der Waals surface area contributed by atoms with Crippen LogP contribution in [0.5, 0.6) is 0 Å². The zero-order valence-corrected chi connectivity index (χ0v) is 9.35. The molecule has 0 unspecified atom stereocenters. The molecule has 13 heavy (non-hydrogen) atoms. The lowest BCUT2D eigenvalue weighted by atomic mass is 10.5. The molecule has 1 N–H and O–H groups in total. The van der Waals surface area contributed by atoms with Gasteiger partial charge in [-0.2, -0.15) is 0 Å². The molecule has 0 saturated heterocycles. The Balaban J connectivity index is 2.94. The number of nitrogens with zero attached hydrogens (tertiary/aromatic N) is 2. The average molecular weight is 199 g/mol. The number of hydrogen-bond donors (Lipinski definition) is 1. The number of aryl methyl sites for hydroxylation is 1. The van der Waals surface area contributed by atoms with E-state index >= 15 is 0 Å². The Morgan fingerprint density at radius 1 is 1.38 bits per heavy atom. The number of anilines is 1. The van der Waals surface area contributed by atoms with Crippen molar-refractivity contribution in [2.45, 2.75) is 26.6 Å². The van der Waals surface area contributed by atoms with E-state index in [2.05, 4.69) is 34.6 Å². The number of halogens is 1. The molecule has 0 aliphatic heterocycles. The van der Waals surface area contributed by atoms with E-state index in [1.165, 1.54) is 6.20 Å². The fourth-order valence-electron chi connectivity index (χ4n) is 0.898. The minimum Gasteiger partial charge on any atom is -0.393 e. The van der Waals surface area contributed by atoms with Gasteiger partial charge in [-0.1, -0.05) is 19.6 Å². The predicted molar refractivity (Wildman–Crippen MR) is 53.7 cm³/mol. The van der Waals surface area contributed by atoms with Crippen LogP contribution >= 0.6 is 0 Å². The maximum absolute atomic E-state index is 13.1. The van der Waals surface area contributed by atoms with Crippen molar-refractivity contribution in [3.63, 3.8) is 0 Å².